The number of hydrogen-bond acceptors (Lipinski definition) is 4. The van der Waals surface area contributed by atoms with Gasteiger partial charge in [-0.05, 0) is 12.1 Å². The molecule has 0 spiro atoms. The maximum absolute atomic E-state index is 11.9. The van der Waals surface area contributed by atoms with E-state index in [0.717, 1.165) is 17.0 Å². The zero-order valence-corrected chi connectivity index (χ0v) is 10.5. The van der Waals surface area contributed by atoms with E-state index in [0.29, 0.717) is 4.96 Å². The Morgan fingerprint density at radius 2 is 2.22 bits per heavy atom. The highest BCUT2D eigenvalue weighted by molar-refractivity contribution is 7.15. The first-order valence-corrected chi connectivity index (χ1v) is 6.27. The minimum Gasteiger partial charge on any atom is -0.497 e. The van der Waals surface area contributed by atoms with Crippen molar-refractivity contribution in [1.82, 2.24) is 9.38 Å². The van der Waals surface area contributed by atoms with Crippen LogP contribution < -0.4 is 10.3 Å². The van der Waals surface area contributed by atoms with Crippen LogP contribution in [-0.4, -0.2) is 16.5 Å². The summed E-state index contributed by atoms with van der Waals surface area (Å²) in [5.74, 6) is 0.767. The molecule has 0 amide bonds. The molecule has 0 radical (unpaired) electrons. The van der Waals surface area contributed by atoms with E-state index >= 15 is 0 Å². The third-order valence-corrected chi connectivity index (χ3v) is 3.54. The molecule has 4 nitrogen and oxygen atoms in total. The van der Waals surface area contributed by atoms with Gasteiger partial charge < -0.3 is 4.74 Å². The molecule has 0 unspecified atom stereocenters. The van der Waals surface area contributed by atoms with Crippen LogP contribution in [0.2, 0.25) is 0 Å². The second-order valence-corrected chi connectivity index (χ2v) is 4.59. The van der Waals surface area contributed by atoms with E-state index in [1.807, 2.05) is 29.6 Å². The Bertz CT molecular complexity index is 761. The van der Waals surface area contributed by atoms with Crippen molar-refractivity contribution in [3.05, 3.63) is 52.3 Å². The molecule has 0 aliphatic carbocycles. The van der Waals surface area contributed by atoms with Crippen LogP contribution in [0.15, 0.2) is 46.7 Å². The highest BCUT2D eigenvalue weighted by Gasteiger charge is 2.08. The molecule has 0 aliphatic heterocycles. The van der Waals surface area contributed by atoms with Crippen molar-refractivity contribution < 1.29 is 4.74 Å². The molecule has 0 N–H and O–H groups in total. The van der Waals surface area contributed by atoms with Gasteiger partial charge in [0.1, 0.15) is 5.75 Å². The number of thiazole rings is 1. The molecular formula is C13H10N2O2S. The maximum Gasteiger partial charge on any atom is 0.258 e. The average Bonchev–Trinajstić information content (AvgIpc) is 2.84. The van der Waals surface area contributed by atoms with E-state index < -0.39 is 0 Å². The van der Waals surface area contributed by atoms with Crippen molar-refractivity contribution in [1.29, 1.82) is 0 Å². The number of nitrogens with zero attached hydrogens (tertiary/aromatic N) is 2. The summed E-state index contributed by atoms with van der Waals surface area (Å²) in [6.45, 7) is 0. The van der Waals surface area contributed by atoms with Crippen LogP contribution in [0, 0.1) is 0 Å². The first-order valence-electron chi connectivity index (χ1n) is 5.39. The van der Waals surface area contributed by atoms with Crippen molar-refractivity contribution in [3.8, 4) is 17.0 Å². The fraction of sp³-hybridized carbons (Fsp3) is 0.0769. The molecule has 18 heavy (non-hydrogen) atoms. The number of aromatic nitrogens is 2. The van der Waals surface area contributed by atoms with Crippen LogP contribution in [0.5, 0.6) is 5.75 Å². The maximum atomic E-state index is 11.9. The first-order chi connectivity index (χ1) is 8.79. The second-order valence-electron chi connectivity index (χ2n) is 3.75. The van der Waals surface area contributed by atoms with Crippen LogP contribution >= 0.6 is 11.3 Å². The van der Waals surface area contributed by atoms with Gasteiger partial charge >= 0.3 is 0 Å². The number of hydrogen-bond donors (Lipinski definition) is 0. The summed E-state index contributed by atoms with van der Waals surface area (Å²) in [5.41, 5.74) is 1.71. The van der Waals surface area contributed by atoms with Gasteiger partial charge in [-0.15, -0.1) is 11.3 Å². The molecular weight excluding hydrogens is 248 g/mol. The summed E-state index contributed by atoms with van der Waals surface area (Å²) < 4.78 is 6.81. The molecule has 0 fully saturated rings. The first kappa shape index (κ1) is 11.0. The molecule has 90 valence electrons. The average molecular weight is 258 g/mol. The quantitative estimate of drug-likeness (QED) is 0.709. The molecule has 3 rings (SSSR count). The monoisotopic (exact) mass is 258 g/mol. The van der Waals surface area contributed by atoms with Crippen molar-refractivity contribution in [2.75, 3.05) is 7.11 Å². The molecule has 2 heterocycles. The molecule has 0 bridgehead atoms. The fourth-order valence-corrected chi connectivity index (χ4v) is 2.71. The van der Waals surface area contributed by atoms with E-state index in [1.54, 1.807) is 11.5 Å². The molecule has 0 saturated heterocycles. The number of methoxy groups -OCH3 is 1. The number of fused-ring (bicyclic) bond motifs is 1. The van der Waals surface area contributed by atoms with Gasteiger partial charge in [-0.2, -0.15) is 0 Å². The van der Waals surface area contributed by atoms with Crippen molar-refractivity contribution in [3.63, 3.8) is 0 Å². The van der Waals surface area contributed by atoms with Gasteiger partial charge in [0.15, 0.2) is 4.96 Å². The van der Waals surface area contributed by atoms with Gasteiger partial charge in [0.05, 0.1) is 12.8 Å². The summed E-state index contributed by atoms with van der Waals surface area (Å²) >= 11 is 1.45. The molecule has 0 aliphatic rings. The van der Waals surface area contributed by atoms with Crippen LogP contribution in [-0.2, 0) is 0 Å². The van der Waals surface area contributed by atoms with Gasteiger partial charge in [0, 0.05) is 23.2 Å². The lowest BCUT2D eigenvalue weighted by atomic mass is 10.1. The second kappa shape index (κ2) is 4.27. The lowest BCUT2D eigenvalue weighted by Crippen LogP contribution is -2.11. The van der Waals surface area contributed by atoms with Crippen LogP contribution in [0.4, 0.5) is 0 Å². The summed E-state index contributed by atoms with van der Waals surface area (Å²) in [7, 11) is 1.62. The van der Waals surface area contributed by atoms with E-state index in [4.69, 9.17) is 4.74 Å². The van der Waals surface area contributed by atoms with Gasteiger partial charge in [0.2, 0.25) is 0 Å². The smallest absolute Gasteiger partial charge is 0.258 e. The highest BCUT2D eigenvalue weighted by atomic mass is 32.1. The Morgan fingerprint density at radius 3 is 3.06 bits per heavy atom. The zero-order chi connectivity index (χ0) is 12.5. The summed E-state index contributed by atoms with van der Waals surface area (Å²) in [5, 5.41) is 1.93. The van der Waals surface area contributed by atoms with Gasteiger partial charge in [-0.1, -0.05) is 12.1 Å². The minimum absolute atomic E-state index is 0.0703. The van der Waals surface area contributed by atoms with Gasteiger partial charge in [-0.25, -0.2) is 4.98 Å². The van der Waals surface area contributed by atoms with Crippen LogP contribution in [0.25, 0.3) is 16.2 Å². The van der Waals surface area contributed by atoms with Crippen LogP contribution in [0.3, 0.4) is 0 Å². The third-order valence-electron chi connectivity index (χ3n) is 2.70. The number of rotatable bonds is 2. The number of benzene rings is 1. The normalized spacial score (nSPS) is 10.7. The SMILES string of the molecule is COc1cccc(-c2csc3nccc(=O)n23)c1. The zero-order valence-electron chi connectivity index (χ0n) is 9.66. The van der Waals surface area contributed by atoms with Crippen molar-refractivity contribution >= 4 is 16.3 Å². The molecule has 0 saturated carbocycles. The summed E-state index contributed by atoms with van der Waals surface area (Å²) in [4.78, 5) is 16.8. The largest absolute Gasteiger partial charge is 0.497 e. The number of ether oxygens (including phenoxy) is 1. The van der Waals surface area contributed by atoms with Crippen LogP contribution in [0.1, 0.15) is 0 Å². The third kappa shape index (κ3) is 1.69. The molecule has 5 heteroatoms. The molecule has 2 aromatic heterocycles. The highest BCUT2D eigenvalue weighted by Crippen LogP contribution is 2.26. The standard InChI is InChI=1S/C13H10N2O2S/c1-17-10-4-2-3-9(7-10)11-8-18-13-14-6-5-12(16)15(11)13/h2-8H,1H3. The van der Waals surface area contributed by atoms with Gasteiger partial charge in [-0.3, -0.25) is 9.20 Å². The lowest BCUT2D eigenvalue weighted by Gasteiger charge is -2.03. The lowest BCUT2D eigenvalue weighted by molar-refractivity contribution is 0.415. The molecule has 1 aromatic carbocycles. The minimum atomic E-state index is -0.0703. The Kier molecular flexibility index (Phi) is 2.60. The predicted octanol–water partition coefficient (Wildman–Crippen LogP) is 2.43. The Morgan fingerprint density at radius 1 is 1.33 bits per heavy atom. The molecule has 3 aromatic rings. The van der Waals surface area contributed by atoms with E-state index in [2.05, 4.69) is 4.98 Å². The Hall–Kier alpha value is -2.14. The van der Waals surface area contributed by atoms with Crippen molar-refractivity contribution in [2.45, 2.75) is 0 Å². The molecule has 0 atom stereocenters. The van der Waals surface area contributed by atoms with Crippen molar-refractivity contribution in [2.24, 2.45) is 0 Å². The topological polar surface area (TPSA) is 43.6 Å². The van der Waals surface area contributed by atoms with E-state index in [-0.39, 0.29) is 5.56 Å². The fourth-order valence-electron chi connectivity index (χ4n) is 1.84. The Labute approximate surface area is 107 Å². The van der Waals surface area contributed by atoms with E-state index in [1.165, 1.54) is 23.6 Å². The summed E-state index contributed by atoms with van der Waals surface area (Å²) in [6.07, 6.45) is 1.53. The van der Waals surface area contributed by atoms with Gasteiger partial charge in [0.25, 0.3) is 5.56 Å². The predicted molar refractivity (Wildman–Crippen MR) is 71.3 cm³/mol. The summed E-state index contributed by atoms with van der Waals surface area (Å²) in [6, 6.07) is 9.09. The van der Waals surface area contributed by atoms with E-state index in [9.17, 15) is 4.79 Å². The Balaban J connectivity index is 2.28.